The van der Waals surface area contributed by atoms with Gasteiger partial charge in [-0.2, -0.15) is 8.78 Å². The van der Waals surface area contributed by atoms with E-state index in [0.717, 1.165) is 67.2 Å². The molecule has 1 heterocycles. The Bertz CT molecular complexity index is 1160. The van der Waals surface area contributed by atoms with E-state index in [2.05, 4.69) is 10.6 Å². The maximum absolute atomic E-state index is 13.3. The zero-order chi connectivity index (χ0) is 27.2. The maximum atomic E-state index is 13.3. The largest absolute Gasteiger partial charge is 0.487 e. The molecule has 1 aromatic heterocycles. The molecule has 0 aliphatic heterocycles. The van der Waals surface area contributed by atoms with Crippen molar-refractivity contribution in [3.63, 3.8) is 0 Å². The van der Waals surface area contributed by atoms with Crippen LogP contribution in [-0.4, -0.2) is 41.6 Å². The number of nitrogens with one attached hydrogen (secondary N) is 2. The third kappa shape index (κ3) is 7.51. The van der Waals surface area contributed by atoms with Crippen LogP contribution in [0.1, 0.15) is 53.4 Å². The molecule has 0 bridgehead atoms. The number of non-ortho nitro benzene ring substituents is 1. The van der Waals surface area contributed by atoms with Gasteiger partial charge in [-0.05, 0) is 50.4 Å². The van der Waals surface area contributed by atoms with Crippen LogP contribution in [-0.2, 0) is 17.6 Å². The molecule has 0 spiro atoms. The summed E-state index contributed by atoms with van der Waals surface area (Å²) in [6.45, 7) is 0.219. The number of esters is 1. The number of thiophene rings is 1. The Morgan fingerprint density at radius 2 is 1.89 bits per heavy atom. The van der Waals surface area contributed by atoms with Crippen LogP contribution in [0.5, 0.6) is 5.75 Å². The molecule has 14 heteroatoms. The third-order valence-corrected chi connectivity index (χ3v) is 6.90. The van der Waals surface area contributed by atoms with E-state index in [0.29, 0.717) is 10.6 Å². The average molecular weight is 564 g/mol. The number of ether oxygens (including phenoxy) is 2. The van der Waals surface area contributed by atoms with Crippen molar-refractivity contribution in [3.8, 4) is 5.75 Å². The van der Waals surface area contributed by atoms with Crippen molar-refractivity contribution in [2.75, 3.05) is 23.8 Å². The van der Waals surface area contributed by atoms with Crippen LogP contribution in [0.25, 0.3) is 0 Å². The van der Waals surface area contributed by atoms with Crippen LogP contribution in [0.3, 0.4) is 0 Å². The highest BCUT2D eigenvalue weighted by molar-refractivity contribution is 7.80. The lowest BCUT2D eigenvalue weighted by atomic mass is 9.96. The number of fused-ring (bicyclic) bond motifs is 1. The van der Waals surface area contributed by atoms with Gasteiger partial charge in [-0.1, -0.05) is 12.8 Å². The van der Waals surface area contributed by atoms with Crippen LogP contribution >= 0.6 is 23.6 Å². The monoisotopic (exact) mass is 563 g/mol. The van der Waals surface area contributed by atoms with E-state index in [1.807, 2.05) is 0 Å². The lowest BCUT2D eigenvalue weighted by molar-refractivity contribution is -0.384. The van der Waals surface area contributed by atoms with Crippen LogP contribution in [0.2, 0.25) is 0 Å². The van der Waals surface area contributed by atoms with Crippen LogP contribution in [0, 0.1) is 10.1 Å². The number of thiocarbonyl (C=S) groups is 1. The number of anilines is 2. The number of halogens is 4. The topological polar surface area (TPSA) is 103 Å². The number of aryl methyl sites for hydroxylation is 1. The molecule has 37 heavy (non-hydrogen) atoms. The Labute approximate surface area is 219 Å². The predicted molar refractivity (Wildman–Crippen MR) is 136 cm³/mol. The van der Waals surface area contributed by atoms with E-state index in [1.165, 1.54) is 11.3 Å². The summed E-state index contributed by atoms with van der Waals surface area (Å²) in [4.78, 5) is 24.3. The molecule has 1 aliphatic carbocycles. The average Bonchev–Trinajstić information content (AvgIpc) is 3.13. The number of benzene rings is 1. The summed E-state index contributed by atoms with van der Waals surface area (Å²) in [5.41, 5.74) is 0.772. The van der Waals surface area contributed by atoms with Crippen molar-refractivity contribution >= 4 is 51.0 Å². The number of hydrogen-bond acceptors (Lipinski definition) is 7. The lowest BCUT2D eigenvalue weighted by Gasteiger charge is -2.17. The number of nitrogens with zero attached hydrogens (tertiary/aromatic N) is 1. The highest BCUT2D eigenvalue weighted by atomic mass is 32.1. The smallest absolute Gasteiger partial charge is 0.341 e. The molecule has 1 aliphatic rings. The fourth-order valence-corrected chi connectivity index (χ4v) is 5.35. The first-order chi connectivity index (χ1) is 17.5. The van der Waals surface area contributed by atoms with Gasteiger partial charge in [0.05, 0.1) is 28.8 Å². The first-order valence-electron chi connectivity index (χ1n) is 11.5. The summed E-state index contributed by atoms with van der Waals surface area (Å²) in [5.74, 6) is -5.35. The van der Waals surface area contributed by atoms with Crippen molar-refractivity contribution in [3.05, 3.63) is 44.3 Å². The molecule has 0 unspecified atom stereocenters. The van der Waals surface area contributed by atoms with Gasteiger partial charge >= 0.3 is 18.3 Å². The molecule has 2 aromatic rings. The number of rotatable bonds is 9. The zero-order valence-electron chi connectivity index (χ0n) is 19.8. The molecule has 0 saturated carbocycles. The first-order valence-corrected chi connectivity index (χ1v) is 12.7. The summed E-state index contributed by atoms with van der Waals surface area (Å²) < 4.78 is 61.4. The number of hydrogen-bond donors (Lipinski definition) is 2. The minimum Gasteiger partial charge on any atom is -0.487 e. The molecule has 8 nitrogen and oxygen atoms in total. The van der Waals surface area contributed by atoms with E-state index in [9.17, 15) is 32.5 Å². The molecule has 202 valence electrons. The van der Waals surface area contributed by atoms with Gasteiger partial charge in [-0.15, -0.1) is 11.3 Å². The molecule has 0 fully saturated rings. The Balaban J connectivity index is 1.84. The summed E-state index contributed by atoms with van der Waals surface area (Å²) >= 11 is 6.71. The quantitative estimate of drug-likeness (QED) is 0.116. The minimum atomic E-state index is -4.44. The molecule has 2 N–H and O–H groups in total. The van der Waals surface area contributed by atoms with Gasteiger partial charge in [0.1, 0.15) is 10.8 Å². The van der Waals surface area contributed by atoms with Gasteiger partial charge in [0.25, 0.3) is 5.69 Å². The lowest BCUT2D eigenvalue weighted by Crippen LogP contribution is -2.33. The van der Waals surface area contributed by atoms with Crippen LogP contribution in [0.4, 0.5) is 33.9 Å². The third-order valence-electron chi connectivity index (χ3n) is 5.49. The second kappa shape index (κ2) is 12.5. The number of nitro benzene ring substituents is 1. The summed E-state index contributed by atoms with van der Waals surface area (Å²) in [5, 5.41) is 17.4. The highest BCUT2D eigenvalue weighted by Crippen LogP contribution is 2.38. The SMILES string of the molecule is CCOC(=O)c1c(NC(=S)Nc2cc(OCC(F)(F)C(F)F)cc([N+](=O)[O-])c2)sc2c1CCCCCC2. The van der Waals surface area contributed by atoms with Gasteiger partial charge in [0, 0.05) is 17.0 Å². The Hall–Kier alpha value is -3.00. The molecular formula is C23H25F4N3O5S2. The fourth-order valence-electron chi connectivity index (χ4n) is 3.78. The summed E-state index contributed by atoms with van der Waals surface area (Å²) in [6, 6.07) is 3.02. The molecule has 0 amide bonds. The van der Waals surface area contributed by atoms with Crippen molar-refractivity contribution in [2.45, 2.75) is 57.8 Å². The van der Waals surface area contributed by atoms with E-state index in [1.54, 1.807) is 6.92 Å². The highest BCUT2D eigenvalue weighted by Gasteiger charge is 2.41. The molecular weight excluding hydrogens is 538 g/mol. The second-order valence-corrected chi connectivity index (χ2v) is 9.76. The van der Waals surface area contributed by atoms with Crippen molar-refractivity contribution in [1.82, 2.24) is 0 Å². The number of nitro groups is 1. The van der Waals surface area contributed by atoms with Gasteiger partial charge < -0.3 is 20.1 Å². The normalized spacial score (nSPS) is 13.8. The number of alkyl halides is 4. The van der Waals surface area contributed by atoms with Crippen LogP contribution < -0.4 is 15.4 Å². The minimum absolute atomic E-state index is 0.00494. The van der Waals surface area contributed by atoms with Crippen molar-refractivity contribution in [2.24, 2.45) is 0 Å². The summed E-state index contributed by atoms with van der Waals surface area (Å²) in [6.07, 6.45) is 1.63. The van der Waals surface area contributed by atoms with Gasteiger partial charge in [-0.3, -0.25) is 10.1 Å². The molecule has 3 rings (SSSR count). The second-order valence-electron chi connectivity index (χ2n) is 8.24. The van der Waals surface area contributed by atoms with Gasteiger partial charge in [0.2, 0.25) is 0 Å². The van der Waals surface area contributed by atoms with E-state index in [4.69, 9.17) is 21.7 Å². The van der Waals surface area contributed by atoms with Gasteiger partial charge in [0.15, 0.2) is 11.7 Å². The van der Waals surface area contributed by atoms with Crippen molar-refractivity contribution in [1.29, 1.82) is 0 Å². The maximum Gasteiger partial charge on any atom is 0.341 e. The van der Waals surface area contributed by atoms with E-state index in [-0.39, 0.29) is 17.4 Å². The summed E-state index contributed by atoms with van der Waals surface area (Å²) in [7, 11) is 0. The predicted octanol–water partition coefficient (Wildman–Crippen LogP) is 6.58. The fraction of sp³-hybridized carbons (Fsp3) is 0.478. The van der Waals surface area contributed by atoms with Crippen LogP contribution in [0.15, 0.2) is 18.2 Å². The molecule has 0 atom stereocenters. The van der Waals surface area contributed by atoms with Gasteiger partial charge in [-0.25, -0.2) is 13.6 Å². The van der Waals surface area contributed by atoms with E-state index < -0.39 is 41.3 Å². The van der Waals surface area contributed by atoms with Crippen molar-refractivity contribution < 1.29 is 36.8 Å². The number of carbonyl (C=O) groups is 1. The molecule has 0 saturated heterocycles. The Morgan fingerprint density at radius 1 is 1.19 bits per heavy atom. The zero-order valence-corrected chi connectivity index (χ0v) is 21.4. The molecule has 0 radical (unpaired) electrons. The standard InChI is InChI=1S/C23H25F4N3O5S2/c1-2-34-20(31)18-16-7-5-3-4-6-8-17(16)37-19(18)29-22(36)28-13-9-14(30(32)33)11-15(10-13)35-12-23(26,27)21(24)25/h9-11,21H,2-8,12H2,1H3,(H2,28,29,36). The number of carbonyl (C=O) groups excluding carboxylic acids is 1. The Kier molecular flexibility index (Phi) is 9.65. The molecule has 1 aromatic carbocycles. The first kappa shape index (κ1) is 28.6. The van der Waals surface area contributed by atoms with E-state index >= 15 is 0 Å². The Morgan fingerprint density at radius 3 is 2.54 bits per heavy atom.